The molecule has 0 saturated carbocycles. The number of nitrogens with zero attached hydrogens (tertiary/aromatic N) is 3. The molecular weight excluding hydrogens is 473 g/mol. The monoisotopic (exact) mass is 492 g/mol. The van der Waals surface area contributed by atoms with Gasteiger partial charge in [0.25, 0.3) is 10.0 Å². The van der Waals surface area contributed by atoms with Crippen LogP contribution >= 0.6 is 0 Å². The number of anilines is 2. The highest BCUT2D eigenvalue weighted by atomic mass is 32.2. The van der Waals surface area contributed by atoms with Crippen LogP contribution in [0.15, 0.2) is 53.8 Å². The molecule has 1 unspecified atom stereocenters. The molecule has 1 fully saturated rings. The minimum atomic E-state index is -4.60. The van der Waals surface area contributed by atoms with Crippen molar-refractivity contribution in [3.05, 3.63) is 60.0 Å². The van der Waals surface area contributed by atoms with Crippen molar-refractivity contribution in [3.8, 4) is 11.1 Å². The first-order chi connectivity index (χ1) is 16.0. The molecule has 178 valence electrons. The van der Waals surface area contributed by atoms with Crippen molar-refractivity contribution < 1.29 is 26.4 Å². The average Bonchev–Trinajstić information content (AvgIpc) is 3.17. The number of amides is 1. The summed E-state index contributed by atoms with van der Waals surface area (Å²) in [5, 5.41) is 5.08. The number of alkyl halides is 3. The molecule has 2 aromatic heterocycles. The van der Waals surface area contributed by atoms with Gasteiger partial charge in [0.15, 0.2) is 5.03 Å². The van der Waals surface area contributed by atoms with Gasteiger partial charge in [-0.15, -0.1) is 0 Å². The standard InChI is InChI=1S/C21H19F3N6O3S/c1-12-8-14(10-15(9-12)28-20-26-7-5-17(29-20)21(22,23)24)13-2-3-18(27-11-13)34(32,33)30-16-4-6-25-19(16)31/h2-3,5,7-11,16,30H,4,6H2,1H3,(H,25,31)(H,26,28,29). The van der Waals surface area contributed by atoms with Crippen LogP contribution in [0.1, 0.15) is 17.7 Å². The smallest absolute Gasteiger partial charge is 0.355 e. The van der Waals surface area contributed by atoms with E-state index in [4.69, 9.17) is 0 Å². The topological polar surface area (TPSA) is 126 Å². The number of rotatable bonds is 6. The third-order valence-corrected chi connectivity index (χ3v) is 6.36. The zero-order chi connectivity index (χ0) is 24.5. The number of aromatic nitrogens is 3. The summed E-state index contributed by atoms with van der Waals surface area (Å²) in [6.45, 7) is 2.19. The van der Waals surface area contributed by atoms with Gasteiger partial charge in [-0.1, -0.05) is 6.07 Å². The van der Waals surface area contributed by atoms with Crippen LogP contribution in [0.25, 0.3) is 11.1 Å². The Bertz CT molecular complexity index is 1330. The number of aryl methyl sites for hydroxylation is 1. The van der Waals surface area contributed by atoms with Gasteiger partial charge in [-0.25, -0.2) is 23.4 Å². The van der Waals surface area contributed by atoms with Crippen molar-refractivity contribution in [1.82, 2.24) is 25.0 Å². The minimum Gasteiger partial charge on any atom is -0.355 e. The molecule has 3 N–H and O–H groups in total. The van der Waals surface area contributed by atoms with Crippen LogP contribution in [0.4, 0.5) is 24.8 Å². The summed E-state index contributed by atoms with van der Waals surface area (Å²) in [4.78, 5) is 23.0. The highest BCUT2D eigenvalue weighted by Crippen LogP contribution is 2.29. The van der Waals surface area contributed by atoms with Crippen LogP contribution in [-0.4, -0.2) is 41.9 Å². The van der Waals surface area contributed by atoms with Crippen molar-refractivity contribution in [3.63, 3.8) is 0 Å². The molecule has 1 aliphatic heterocycles. The molecule has 3 aromatic rings. The molecule has 9 nitrogen and oxygen atoms in total. The Morgan fingerprint density at radius 1 is 1.09 bits per heavy atom. The van der Waals surface area contributed by atoms with Gasteiger partial charge in [0.05, 0.1) is 0 Å². The first-order valence-corrected chi connectivity index (χ1v) is 11.5. The fourth-order valence-corrected chi connectivity index (χ4v) is 4.55. The molecule has 1 amide bonds. The number of pyridine rings is 1. The lowest BCUT2D eigenvalue weighted by molar-refractivity contribution is -0.141. The van der Waals surface area contributed by atoms with Gasteiger partial charge in [0, 0.05) is 30.2 Å². The zero-order valence-corrected chi connectivity index (χ0v) is 18.5. The predicted molar refractivity (Wildman–Crippen MR) is 116 cm³/mol. The van der Waals surface area contributed by atoms with E-state index in [2.05, 4.69) is 30.3 Å². The Morgan fingerprint density at radius 2 is 1.88 bits per heavy atom. The van der Waals surface area contributed by atoms with Crippen LogP contribution in [0, 0.1) is 6.92 Å². The van der Waals surface area contributed by atoms with E-state index in [1.807, 2.05) is 6.07 Å². The summed E-state index contributed by atoms with van der Waals surface area (Å²) >= 11 is 0. The minimum absolute atomic E-state index is 0.215. The molecule has 0 spiro atoms. The molecule has 1 aromatic carbocycles. The Kier molecular flexibility index (Phi) is 6.23. The van der Waals surface area contributed by atoms with Gasteiger partial charge in [0.1, 0.15) is 11.7 Å². The molecule has 1 aliphatic rings. The fraction of sp³-hybridized carbons (Fsp3) is 0.238. The highest BCUT2D eigenvalue weighted by molar-refractivity contribution is 7.89. The van der Waals surface area contributed by atoms with Crippen LogP contribution < -0.4 is 15.4 Å². The molecule has 0 radical (unpaired) electrons. The second-order valence-corrected chi connectivity index (χ2v) is 9.28. The van der Waals surface area contributed by atoms with E-state index >= 15 is 0 Å². The molecule has 1 atom stereocenters. The maximum absolute atomic E-state index is 12.9. The third kappa shape index (κ3) is 5.31. The zero-order valence-electron chi connectivity index (χ0n) is 17.7. The SMILES string of the molecule is Cc1cc(Nc2nccc(C(F)(F)F)n2)cc(-c2ccc(S(=O)(=O)NC3CCNC3=O)nc2)c1. The van der Waals surface area contributed by atoms with E-state index in [0.717, 1.165) is 17.8 Å². The Hall–Kier alpha value is -3.58. The summed E-state index contributed by atoms with van der Waals surface area (Å²) in [5.41, 5.74) is 1.39. The number of sulfonamides is 1. The molecule has 1 saturated heterocycles. The normalized spacial score (nSPS) is 16.4. The highest BCUT2D eigenvalue weighted by Gasteiger charge is 2.33. The van der Waals surface area contributed by atoms with Gasteiger partial charge < -0.3 is 10.6 Å². The molecular formula is C21H19F3N6O3S. The molecule has 3 heterocycles. The number of hydrogen-bond acceptors (Lipinski definition) is 7. The van der Waals surface area contributed by atoms with Gasteiger partial charge >= 0.3 is 6.18 Å². The van der Waals surface area contributed by atoms with Gasteiger partial charge in [-0.2, -0.15) is 17.9 Å². The van der Waals surface area contributed by atoms with Crippen molar-refractivity contribution in [2.45, 2.75) is 30.6 Å². The first kappa shape index (κ1) is 23.6. The maximum atomic E-state index is 12.9. The van der Waals surface area contributed by atoms with E-state index in [1.54, 1.807) is 25.1 Å². The van der Waals surface area contributed by atoms with Crippen molar-refractivity contribution in [1.29, 1.82) is 0 Å². The molecule has 34 heavy (non-hydrogen) atoms. The van der Waals surface area contributed by atoms with Crippen LogP contribution in [-0.2, 0) is 21.0 Å². The second-order valence-electron chi connectivity index (χ2n) is 7.61. The van der Waals surface area contributed by atoms with Crippen molar-refractivity contribution in [2.75, 3.05) is 11.9 Å². The number of carbonyl (C=O) groups excluding carboxylic acids is 1. The Morgan fingerprint density at radius 3 is 2.53 bits per heavy atom. The largest absolute Gasteiger partial charge is 0.433 e. The number of benzene rings is 1. The van der Waals surface area contributed by atoms with E-state index in [0.29, 0.717) is 29.8 Å². The number of carbonyl (C=O) groups is 1. The summed E-state index contributed by atoms with van der Waals surface area (Å²) in [6, 6.07) is 7.98. The third-order valence-electron chi connectivity index (χ3n) is 4.97. The Balaban J connectivity index is 1.55. The van der Waals surface area contributed by atoms with E-state index in [-0.39, 0.29) is 16.9 Å². The maximum Gasteiger partial charge on any atom is 0.433 e. The lowest BCUT2D eigenvalue weighted by Crippen LogP contribution is -2.40. The number of hydrogen-bond donors (Lipinski definition) is 3. The summed E-state index contributed by atoms with van der Waals surface area (Å²) in [5.74, 6) is -0.599. The fourth-order valence-electron chi connectivity index (χ4n) is 3.39. The van der Waals surface area contributed by atoms with E-state index < -0.39 is 27.9 Å². The molecule has 13 heteroatoms. The predicted octanol–water partition coefficient (Wildman–Crippen LogP) is 2.78. The van der Waals surface area contributed by atoms with Crippen LogP contribution in [0.3, 0.4) is 0 Å². The molecule has 0 bridgehead atoms. The summed E-state index contributed by atoms with van der Waals surface area (Å²) < 4.78 is 66.1. The summed E-state index contributed by atoms with van der Waals surface area (Å²) in [6.07, 6.45) is -1.87. The summed E-state index contributed by atoms with van der Waals surface area (Å²) in [7, 11) is -3.99. The van der Waals surface area contributed by atoms with Gasteiger partial charge in [-0.05, 0) is 54.8 Å². The van der Waals surface area contributed by atoms with Gasteiger partial charge in [0.2, 0.25) is 11.9 Å². The second kappa shape index (κ2) is 8.99. The lowest BCUT2D eigenvalue weighted by Gasteiger charge is -2.12. The molecule has 0 aliphatic carbocycles. The van der Waals surface area contributed by atoms with E-state index in [9.17, 15) is 26.4 Å². The quantitative estimate of drug-likeness (QED) is 0.483. The van der Waals surface area contributed by atoms with Crippen molar-refractivity contribution in [2.24, 2.45) is 0 Å². The van der Waals surface area contributed by atoms with Gasteiger partial charge in [-0.3, -0.25) is 4.79 Å². The van der Waals surface area contributed by atoms with Crippen LogP contribution in [0.5, 0.6) is 0 Å². The first-order valence-electron chi connectivity index (χ1n) is 10.1. The van der Waals surface area contributed by atoms with Crippen LogP contribution in [0.2, 0.25) is 0 Å². The average molecular weight is 492 g/mol. The number of nitrogens with one attached hydrogen (secondary N) is 3. The number of halogens is 3. The molecule has 4 rings (SSSR count). The Labute approximate surface area is 192 Å². The lowest BCUT2D eigenvalue weighted by atomic mass is 10.0. The van der Waals surface area contributed by atoms with Crippen molar-refractivity contribution >= 4 is 27.6 Å². The van der Waals surface area contributed by atoms with E-state index in [1.165, 1.54) is 12.3 Å².